The van der Waals surface area contributed by atoms with Crippen LogP contribution in [0.3, 0.4) is 0 Å². The zero-order valence-electron chi connectivity index (χ0n) is 22.8. The van der Waals surface area contributed by atoms with E-state index in [0.29, 0.717) is 24.2 Å². The number of hydrogen-bond donors (Lipinski definition) is 4. The number of fused-ring (bicyclic) bond motifs is 2. The Morgan fingerprint density at radius 2 is 2.05 bits per heavy atom. The third kappa shape index (κ3) is 4.69. The molecule has 220 valence electrons. The van der Waals surface area contributed by atoms with Crippen molar-refractivity contribution in [3.63, 3.8) is 0 Å². The lowest BCUT2D eigenvalue weighted by Crippen LogP contribution is -2.39. The minimum atomic E-state index is -4.35. The van der Waals surface area contributed by atoms with E-state index in [1.807, 2.05) is 11.9 Å². The van der Waals surface area contributed by atoms with Gasteiger partial charge in [0, 0.05) is 13.1 Å². The minimum Gasteiger partial charge on any atom is -0.460 e. The zero-order chi connectivity index (χ0) is 29.2. The van der Waals surface area contributed by atoms with Crippen LogP contribution in [0.15, 0.2) is 48.8 Å². The summed E-state index contributed by atoms with van der Waals surface area (Å²) in [6.07, 6.45) is -2.05. The van der Waals surface area contributed by atoms with Gasteiger partial charge >= 0.3 is 13.7 Å². The van der Waals surface area contributed by atoms with Crippen LogP contribution in [0, 0.1) is 0 Å². The third-order valence-electron chi connectivity index (χ3n) is 8.07. The molecule has 1 aromatic carbocycles. The number of likely N-dealkylation sites (N-methyl/N-ethyl adjacent to an activating group) is 1. The maximum Gasteiger partial charge on any atom is 0.459 e. The largest absolute Gasteiger partial charge is 0.460 e. The summed E-state index contributed by atoms with van der Waals surface area (Å²) in [5.74, 6) is -0.169. The van der Waals surface area contributed by atoms with E-state index in [0.717, 1.165) is 6.54 Å². The van der Waals surface area contributed by atoms with E-state index in [-0.39, 0.29) is 17.7 Å². The lowest BCUT2D eigenvalue weighted by molar-refractivity contribution is -0.150. The van der Waals surface area contributed by atoms with Crippen molar-refractivity contribution in [3.05, 3.63) is 54.5 Å². The van der Waals surface area contributed by atoms with Gasteiger partial charge in [-0.1, -0.05) is 18.2 Å². The van der Waals surface area contributed by atoms with Gasteiger partial charge in [-0.2, -0.15) is 10.2 Å². The van der Waals surface area contributed by atoms with Gasteiger partial charge in [-0.25, -0.2) is 14.1 Å². The molecule has 0 bridgehead atoms. The standard InChI is InChI=1S/C26H33N6O8P/c1-15(23(34)37-17-11-12-31(3)13-17)30-41(36,39-16-7-5-4-6-8-16)40-24-25(2)26(24,35)21(33)20(38-25)18-9-10-19-22(27)28-14-29-32(18)19/h4-10,14-15,17,20-21,24,33,35H,11-13H2,1-3H3,(H,30,36)(H2,27,28,29)/t15-,17-,20-,21-,24?,25+,26+,41?/m0/s1. The Labute approximate surface area is 235 Å². The number of carbonyl (C=O) groups is 1. The van der Waals surface area contributed by atoms with E-state index < -0.39 is 49.3 Å². The number of benzene rings is 1. The highest BCUT2D eigenvalue weighted by molar-refractivity contribution is 7.52. The summed E-state index contributed by atoms with van der Waals surface area (Å²) < 4.78 is 39.0. The van der Waals surface area contributed by atoms with Crippen LogP contribution in [0.1, 0.15) is 32.1 Å². The number of para-hydroxylation sites is 1. The quantitative estimate of drug-likeness (QED) is 0.206. The summed E-state index contributed by atoms with van der Waals surface area (Å²) in [7, 11) is -2.41. The first kappa shape index (κ1) is 28.0. The number of anilines is 1. The molecule has 6 rings (SSSR count). The minimum absolute atomic E-state index is 0.209. The van der Waals surface area contributed by atoms with Crippen LogP contribution < -0.4 is 15.3 Å². The molecule has 0 amide bonds. The van der Waals surface area contributed by atoms with Gasteiger partial charge in [0.2, 0.25) is 0 Å². The number of ether oxygens (including phenoxy) is 2. The molecule has 2 aromatic heterocycles. The first-order valence-electron chi connectivity index (χ1n) is 13.3. The summed E-state index contributed by atoms with van der Waals surface area (Å²) in [5, 5.41) is 29.7. The van der Waals surface area contributed by atoms with Gasteiger partial charge in [0.15, 0.2) is 11.4 Å². The molecule has 5 N–H and O–H groups in total. The predicted molar refractivity (Wildman–Crippen MR) is 145 cm³/mol. The average molecular weight is 589 g/mol. The molecule has 8 atom stereocenters. The fraction of sp³-hybridized carbons (Fsp3) is 0.500. The van der Waals surface area contributed by atoms with E-state index in [2.05, 4.69) is 15.2 Å². The van der Waals surface area contributed by atoms with Crippen molar-refractivity contribution in [1.29, 1.82) is 0 Å². The fourth-order valence-electron chi connectivity index (χ4n) is 5.70. The van der Waals surface area contributed by atoms with Crippen molar-refractivity contribution < 1.29 is 38.1 Å². The Bertz CT molecular complexity index is 1510. The molecule has 3 fully saturated rings. The maximum absolute atomic E-state index is 14.1. The highest BCUT2D eigenvalue weighted by Crippen LogP contribution is 2.68. The Balaban J connectivity index is 1.21. The second kappa shape index (κ2) is 10.0. The van der Waals surface area contributed by atoms with Crippen molar-refractivity contribution >= 4 is 25.1 Å². The van der Waals surface area contributed by atoms with Crippen LogP contribution in [0.4, 0.5) is 5.82 Å². The number of likely N-dealkylation sites (tertiary alicyclic amines) is 1. The summed E-state index contributed by atoms with van der Waals surface area (Å²) >= 11 is 0. The third-order valence-corrected chi connectivity index (χ3v) is 9.72. The Morgan fingerprint density at radius 3 is 2.71 bits per heavy atom. The van der Waals surface area contributed by atoms with Gasteiger partial charge in [-0.15, -0.1) is 0 Å². The Kier molecular flexibility index (Phi) is 6.85. The lowest BCUT2D eigenvalue weighted by Gasteiger charge is -2.27. The maximum atomic E-state index is 14.1. The number of carbonyl (C=O) groups excluding carboxylic acids is 1. The van der Waals surface area contributed by atoms with Crippen molar-refractivity contribution in [1.82, 2.24) is 24.6 Å². The number of hydrogen-bond acceptors (Lipinski definition) is 12. The van der Waals surface area contributed by atoms with Crippen LogP contribution >= 0.6 is 7.75 Å². The van der Waals surface area contributed by atoms with E-state index in [1.54, 1.807) is 49.4 Å². The molecule has 1 saturated carbocycles. The lowest BCUT2D eigenvalue weighted by atomic mass is 10.0. The summed E-state index contributed by atoms with van der Waals surface area (Å²) in [5.41, 5.74) is 3.47. The number of nitrogen functional groups attached to an aromatic ring is 1. The fourth-order valence-corrected chi connectivity index (χ4v) is 7.48. The molecule has 0 spiro atoms. The van der Waals surface area contributed by atoms with Crippen molar-refractivity contribution in [2.45, 2.75) is 61.9 Å². The highest BCUT2D eigenvalue weighted by Gasteiger charge is 2.87. The summed E-state index contributed by atoms with van der Waals surface area (Å²) in [6, 6.07) is 10.6. The second-order valence-corrected chi connectivity index (χ2v) is 12.6. The SMILES string of the molecule is C[C@H](NP(=O)(Oc1ccccc1)OC1[C@@]2(C)O[C@@H](c3ccc4c(N)ncnn34)[C@H](O)[C@@]12O)C(=O)O[C@H]1CCN(C)C1. The first-order valence-corrected chi connectivity index (χ1v) is 14.9. The smallest absolute Gasteiger partial charge is 0.459 e. The van der Waals surface area contributed by atoms with E-state index in [1.165, 1.54) is 17.8 Å². The number of nitrogens with one attached hydrogen (secondary N) is 1. The molecule has 0 radical (unpaired) electrons. The average Bonchev–Trinajstić information content (AvgIpc) is 3.39. The van der Waals surface area contributed by atoms with E-state index >= 15 is 0 Å². The molecule has 15 heteroatoms. The number of rotatable bonds is 9. The normalized spacial score (nSPS) is 33.3. The first-order chi connectivity index (χ1) is 19.4. The molecule has 3 aliphatic rings. The van der Waals surface area contributed by atoms with Gasteiger partial charge in [0.25, 0.3) is 0 Å². The van der Waals surface area contributed by atoms with Crippen LogP contribution in [-0.2, 0) is 23.4 Å². The molecule has 3 aromatic rings. The van der Waals surface area contributed by atoms with Gasteiger partial charge in [-0.3, -0.25) is 9.32 Å². The molecular weight excluding hydrogens is 555 g/mol. The molecule has 2 aliphatic heterocycles. The Morgan fingerprint density at radius 1 is 1.29 bits per heavy atom. The van der Waals surface area contributed by atoms with Crippen LogP contribution in [-0.4, -0.2) is 91.4 Å². The van der Waals surface area contributed by atoms with Crippen LogP contribution in [0.5, 0.6) is 5.75 Å². The monoisotopic (exact) mass is 588 g/mol. The van der Waals surface area contributed by atoms with Crippen LogP contribution in [0.2, 0.25) is 0 Å². The van der Waals surface area contributed by atoms with Gasteiger partial charge < -0.3 is 34.8 Å². The number of esters is 1. The topological polar surface area (TPSA) is 183 Å². The number of aliphatic hydroxyl groups excluding tert-OH is 1. The van der Waals surface area contributed by atoms with Crippen LogP contribution in [0.25, 0.3) is 5.52 Å². The summed E-state index contributed by atoms with van der Waals surface area (Å²) in [6.45, 7) is 4.44. The number of nitrogens with two attached hydrogens (primary N) is 1. The molecule has 41 heavy (non-hydrogen) atoms. The summed E-state index contributed by atoms with van der Waals surface area (Å²) in [4.78, 5) is 18.9. The molecule has 1 aliphatic carbocycles. The van der Waals surface area contributed by atoms with E-state index in [4.69, 9.17) is 24.3 Å². The number of aromatic nitrogens is 3. The van der Waals surface area contributed by atoms with Gasteiger partial charge in [0.1, 0.15) is 53.7 Å². The molecule has 4 heterocycles. The number of nitrogens with zero attached hydrogens (tertiary/aromatic N) is 4. The molecule has 14 nitrogen and oxygen atoms in total. The Hall–Kier alpha value is -3.10. The molecular formula is C26H33N6O8P. The number of aliphatic hydroxyl groups is 2. The molecule has 2 saturated heterocycles. The second-order valence-electron chi connectivity index (χ2n) is 11.0. The highest BCUT2D eigenvalue weighted by atomic mass is 31.2. The molecule has 2 unspecified atom stereocenters. The van der Waals surface area contributed by atoms with Gasteiger partial charge in [0.05, 0.1) is 5.69 Å². The van der Waals surface area contributed by atoms with Gasteiger partial charge in [-0.05, 0) is 51.6 Å². The van der Waals surface area contributed by atoms with E-state index in [9.17, 15) is 19.6 Å². The zero-order valence-corrected chi connectivity index (χ0v) is 23.7. The van der Waals surface area contributed by atoms with Crippen molar-refractivity contribution in [3.8, 4) is 5.75 Å². The van der Waals surface area contributed by atoms with Crippen molar-refractivity contribution in [2.24, 2.45) is 0 Å². The van der Waals surface area contributed by atoms with Crippen molar-refractivity contribution in [2.75, 3.05) is 25.9 Å². The predicted octanol–water partition coefficient (Wildman–Crippen LogP) is 1.04.